The molecule has 6 nitrogen and oxygen atoms in total. The third-order valence-corrected chi connectivity index (χ3v) is 6.28. The van der Waals surface area contributed by atoms with Crippen LogP contribution in [0, 0.1) is 0 Å². The van der Waals surface area contributed by atoms with Crippen LogP contribution >= 0.6 is 0 Å². The number of nitrogens with one attached hydrogen (secondary N) is 1. The first-order valence-electron chi connectivity index (χ1n) is 13.2. The molecule has 39 heavy (non-hydrogen) atoms. The van der Waals surface area contributed by atoms with Crippen molar-refractivity contribution < 1.29 is 24.5 Å². The minimum atomic E-state index is -1.01. The van der Waals surface area contributed by atoms with Crippen LogP contribution in [0.25, 0.3) is 11.1 Å². The van der Waals surface area contributed by atoms with E-state index < -0.39 is 12.1 Å². The summed E-state index contributed by atoms with van der Waals surface area (Å²) in [7, 11) is 0. The first-order chi connectivity index (χ1) is 18.9. The molecule has 0 spiro atoms. The number of ether oxygens (including phenoxy) is 2. The molecule has 0 saturated heterocycles. The van der Waals surface area contributed by atoms with Crippen LogP contribution in [-0.4, -0.2) is 35.4 Å². The van der Waals surface area contributed by atoms with Crippen LogP contribution in [0.2, 0.25) is 0 Å². The van der Waals surface area contributed by atoms with Crippen molar-refractivity contribution in [3.8, 4) is 22.6 Å². The van der Waals surface area contributed by atoms with Crippen LogP contribution in [0.15, 0.2) is 97.1 Å². The van der Waals surface area contributed by atoms with Gasteiger partial charge in [-0.1, -0.05) is 72.8 Å². The topological polar surface area (TPSA) is 88.0 Å². The van der Waals surface area contributed by atoms with Gasteiger partial charge in [-0.05, 0) is 78.9 Å². The lowest BCUT2D eigenvalue weighted by Gasteiger charge is -2.15. The van der Waals surface area contributed by atoms with Crippen molar-refractivity contribution in [2.75, 3.05) is 13.1 Å². The van der Waals surface area contributed by atoms with Crippen LogP contribution < -0.4 is 14.8 Å². The smallest absolute Gasteiger partial charge is 0.339 e. The Morgan fingerprint density at radius 2 is 1.59 bits per heavy atom. The molecule has 0 aromatic heterocycles. The summed E-state index contributed by atoms with van der Waals surface area (Å²) in [5, 5.41) is 23.4. The van der Waals surface area contributed by atoms with Crippen molar-refractivity contribution in [3.63, 3.8) is 0 Å². The Kier molecular flexibility index (Phi) is 9.73. The number of aliphatic hydroxyl groups excluding tert-OH is 1. The maximum Gasteiger partial charge on any atom is 0.339 e. The number of carbonyl (C=O) groups is 1. The molecular formula is C33H35NO5. The highest BCUT2D eigenvalue weighted by Gasteiger charge is 2.14. The number of aliphatic hydroxyl groups is 1. The standard InChI is InChI=1S/C33H35NO5/c1-23(2)39-32-20-27(15-16-30(32)33(36)37)26-13-11-24(12-14-26)17-18-34-21-31(35)28-9-6-10-29(19-28)38-22-25-7-4-3-5-8-25/h3-16,19-20,23,31,34-35H,17-18,21-22H2,1-2H3,(H,36,37)/t31-/m1/s1. The van der Waals surface area contributed by atoms with Gasteiger partial charge in [0.15, 0.2) is 0 Å². The summed E-state index contributed by atoms with van der Waals surface area (Å²) in [6.45, 7) is 5.39. The van der Waals surface area contributed by atoms with Crippen molar-refractivity contribution in [1.29, 1.82) is 0 Å². The predicted molar refractivity (Wildman–Crippen MR) is 153 cm³/mol. The van der Waals surface area contributed by atoms with Crippen molar-refractivity contribution >= 4 is 5.97 Å². The molecule has 0 aliphatic carbocycles. The van der Waals surface area contributed by atoms with Crippen molar-refractivity contribution in [1.82, 2.24) is 5.32 Å². The molecule has 4 aromatic rings. The minimum absolute atomic E-state index is 0.122. The van der Waals surface area contributed by atoms with Gasteiger partial charge in [-0.25, -0.2) is 4.79 Å². The van der Waals surface area contributed by atoms with Crippen molar-refractivity contribution in [2.45, 2.75) is 39.1 Å². The lowest BCUT2D eigenvalue weighted by Crippen LogP contribution is -2.23. The second-order valence-electron chi connectivity index (χ2n) is 9.70. The van der Waals surface area contributed by atoms with E-state index in [4.69, 9.17) is 9.47 Å². The number of hydrogen-bond donors (Lipinski definition) is 3. The second kappa shape index (κ2) is 13.6. The molecule has 6 heteroatoms. The Morgan fingerprint density at radius 1 is 0.846 bits per heavy atom. The number of benzene rings is 4. The predicted octanol–water partition coefficient (Wildman–Crippen LogP) is 6.28. The van der Waals surface area contributed by atoms with E-state index in [0.717, 1.165) is 46.5 Å². The van der Waals surface area contributed by atoms with Gasteiger partial charge in [0.25, 0.3) is 0 Å². The molecule has 202 valence electrons. The summed E-state index contributed by atoms with van der Waals surface area (Å²) >= 11 is 0. The molecule has 0 radical (unpaired) electrons. The normalized spacial score (nSPS) is 11.8. The molecule has 0 fully saturated rings. The fraction of sp³-hybridized carbons (Fsp3) is 0.242. The van der Waals surface area contributed by atoms with Gasteiger partial charge in [0.1, 0.15) is 23.7 Å². The summed E-state index contributed by atoms with van der Waals surface area (Å²) < 4.78 is 11.6. The first kappa shape index (κ1) is 27.9. The Labute approximate surface area is 229 Å². The highest BCUT2D eigenvalue weighted by Crippen LogP contribution is 2.29. The number of hydrogen-bond acceptors (Lipinski definition) is 5. The quantitative estimate of drug-likeness (QED) is 0.178. The van der Waals surface area contributed by atoms with Crippen LogP contribution in [-0.2, 0) is 13.0 Å². The summed E-state index contributed by atoms with van der Waals surface area (Å²) in [6, 6.07) is 30.9. The van der Waals surface area contributed by atoms with E-state index in [9.17, 15) is 15.0 Å². The number of rotatable bonds is 13. The summed E-state index contributed by atoms with van der Waals surface area (Å²) in [6.07, 6.45) is 0.0553. The average molecular weight is 526 g/mol. The third kappa shape index (κ3) is 8.18. The highest BCUT2D eigenvalue weighted by molar-refractivity contribution is 5.92. The van der Waals surface area contributed by atoms with Crippen molar-refractivity contribution in [3.05, 3.63) is 119 Å². The van der Waals surface area contributed by atoms with Gasteiger partial charge in [-0.2, -0.15) is 0 Å². The first-order valence-corrected chi connectivity index (χ1v) is 13.2. The van der Waals surface area contributed by atoms with Gasteiger partial charge in [-0.3, -0.25) is 0 Å². The van der Waals surface area contributed by atoms with Gasteiger partial charge in [-0.15, -0.1) is 0 Å². The van der Waals surface area contributed by atoms with Crippen LogP contribution in [0.3, 0.4) is 0 Å². The fourth-order valence-electron chi connectivity index (χ4n) is 4.24. The Bertz CT molecular complexity index is 1350. The van der Waals surface area contributed by atoms with Gasteiger partial charge in [0.2, 0.25) is 0 Å². The van der Waals surface area contributed by atoms with E-state index >= 15 is 0 Å². The molecule has 0 heterocycles. The number of carboxylic acids is 1. The van der Waals surface area contributed by atoms with E-state index in [1.165, 1.54) is 0 Å². The lowest BCUT2D eigenvalue weighted by atomic mass is 10.0. The maximum absolute atomic E-state index is 11.5. The zero-order valence-corrected chi connectivity index (χ0v) is 22.3. The molecule has 1 atom stereocenters. The van der Waals surface area contributed by atoms with Gasteiger partial charge < -0.3 is 25.0 Å². The van der Waals surface area contributed by atoms with Crippen molar-refractivity contribution in [2.24, 2.45) is 0 Å². The third-order valence-electron chi connectivity index (χ3n) is 6.28. The average Bonchev–Trinajstić information content (AvgIpc) is 2.94. The molecule has 0 unspecified atom stereocenters. The maximum atomic E-state index is 11.5. The van der Waals surface area contributed by atoms with Crippen LogP contribution in [0.1, 0.15) is 47.0 Å². The number of aromatic carboxylic acids is 1. The van der Waals surface area contributed by atoms with Gasteiger partial charge in [0.05, 0.1) is 12.2 Å². The van der Waals surface area contributed by atoms with E-state index in [0.29, 0.717) is 18.9 Å². The monoisotopic (exact) mass is 525 g/mol. The minimum Gasteiger partial charge on any atom is -0.490 e. The highest BCUT2D eigenvalue weighted by atomic mass is 16.5. The summed E-state index contributed by atoms with van der Waals surface area (Å²) in [5.74, 6) is 0.0976. The molecule has 0 bridgehead atoms. The SMILES string of the molecule is CC(C)Oc1cc(-c2ccc(CCNC[C@@H](O)c3cccc(OCc4ccccc4)c3)cc2)ccc1C(=O)O. The molecular weight excluding hydrogens is 490 g/mol. The lowest BCUT2D eigenvalue weighted by molar-refractivity contribution is 0.0690. The second-order valence-corrected chi connectivity index (χ2v) is 9.70. The molecule has 4 aromatic carbocycles. The Hall–Kier alpha value is -4.13. The Balaban J connectivity index is 1.27. The van der Waals surface area contributed by atoms with E-state index in [1.807, 2.05) is 80.6 Å². The molecule has 4 rings (SSSR count). The zero-order chi connectivity index (χ0) is 27.6. The molecule has 0 saturated carbocycles. The van der Waals surface area contributed by atoms with E-state index in [1.54, 1.807) is 18.2 Å². The summed E-state index contributed by atoms with van der Waals surface area (Å²) in [4.78, 5) is 11.5. The molecule has 0 aliphatic rings. The van der Waals surface area contributed by atoms with E-state index in [2.05, 4.69) is 17.4 Å². The summed E-state index contributed by atoms with van der Waals surface area (Å²) in [5.41, 5.74) is 5.12. The molecule has 0 amide bonds. The largest absolute Gasteiger partial charge is 0.490 e. The zero-order valence-electron chi connectivity index (χ0n) is 22.3. The van der Waals surface area contributed by atoms with E-state index in [-0.39, 0.29) is 11.7 Å². The Morgan fingerprint density at radius 3 is 2.31 bits per heavy atom. The van der Waals surface area contributed by atoms with Gasteiger partial charge >= 0.3 is 5.97 Å². The fourth-order valence-corrected chi connectivity index (χ4v) is 4.24. The molecule has 3 N–H and O–H groups in total. The molecule has 0 aliphatic heterocycles. The van der Waals surface area contributed by atoms with Crippen LogP contribution in [0.5, 0.6) is 11.5 Å². The number of carboxylic acid groups (broad SMARTS) is 1. The van der Waals surface area contributed by atoms with Gasteiger partial charge in [0, 0.05) is 6.54 Å². The van der Waals surface area contributed by atoms with Crippen LogP contribution in [0.4, 0.5) is 0 Å².